The van der Waals surface area contributed by atoms with E-state index in [1.807, 2.05) is 12.1 Å². The van der Waals surface area contributed by atoms with E-state index in [1.165, 1.54) is 5.56 Å². The number of halogens is 1. The van der Waals surface area contributed by atoms with Gasteiger partial charge in [0.1, 0.15) is 0 Å². The first-order chi connectivity index (χ1) is 7.61. The highest BCUT2D eigenvalue weighted by Crippen LogP contribution is 2.11. The fraction of sp³-hybridized carbons (Fsp3) is 0.500. The third-order valence-corrected chi connectivity index (χ3v) is 2.90. The quantitative estimate of drug-likeness (QED) is 0.740. The number of nitrogens with one attached hydrogen (secondary N) is 1. The van der Waals surface area contributed by atoms with E-state index in [0.717, 1.165) is 10.9 Å². The van der Waals surface area contributed by atoms with Crippen molar-refractivity contribution in [2.24, 2.45) is 0 Å². The van der Waals surface area contributed by atoms with E-state index in [0.29, 0.717) is 6.54 Å². The molecule has 2 atom stereocenters. The van der Waals surface area contributed by atoms with Crippen molar-refractivity contribution in [3.63, 3.8) is 0 Å². The third-order valence-electron chi connectivity index (χ3n) is 2.37. The summed E-state index contributed by atoms with van der Waals surface area (Å²) in [6.45, 7) is 2.29. The zero-order valence-corrected chi connectivity index (χ0v) is 10.9. The summed E-state index contributed by atoms with van der Waals surface area (Å²) in [5, 5.41) is 21.0. The normalized spacial score (nSPS) is 14.8. The van der Waals surface area contributed by atoms with Crippen molar-refractivity contribution in [3.8, 4) is 0 Å². The molecule has 0 spiro atoms. The molecule has 90 valence electrons. The number of hydrogen-bond donors (Lipinski definition) is 3. The fourth-order valence-corrected chi connectivity index (χ4v) is 1.71. The van der Waals surface area contributed by atoms with Crippen molar-refractivity contribution in [2.45, 2.75) is 25.5 Å². The van der Waals surface area contributed by atoms with Crippen molar-refractivity contribution in [1.29, 1.82) is 0 Å². The Morgan fingerprint density at radius 1 is 1.31 bits per heavy atom. The molecular weight excluding hydrogens is 270 g/mol. The van der Waals surface area contributed by atoms with Crippen LogP contribution in [0.25, 0.3) is 0 Å². The van der Waals surface area contributed by atoms with E-state index in [-0.39, 0.29) is 12.6 Å². The lowest BCUT2D eigenvalue weighted by Crippen LogP contribution is -2.36. The predicted octanol–water partition coefficient (Wildman–Crippen LogP) is 1.32. The summed E-state index contributed by atoms with van der Waals surface area (Å²) in [4.78, 5) is 0. The SMILES string of the molecule is CC(Cc1ccc(Br)cc1)NCC(O)CO. The summed E-state index contributed by atoms with van der Waals surface area (Å²) in [6, 6.07) is 8.47. The molecule has 1 aromatic rings. The van der Waals surface area contributed by atoms with E-state index in [9.17, 15) is 5.11 Å². The van der Waals surface area contributed by atoms with Crippen LogP contribution in [0.1, 0.15) is 12.5 Å². The Morgan fingerprint density at radius 2 is 1.94 bits per heavy atom. The van der Waals surface area contributed by atoms with Crippen LogP contribution < -0.4 is 5.32 Å². The van der Waals surface area contributed by atoms with Crippen LogP contribution >= 0.6 is 15.9 Å². The number of rotatable bonds is 6. The summed E-state index contributed by atoms with van der Waals surface area (Å²) in [5.74, 6) is 0. The second-order valence-corrected chi connectivity index (χ2v) is 4.89. The number of aliphatic hydroxyl groups excluding tert-OH is 2. The molecule has 0 aromatic heterocycles. The molecule has 0 amide bonds. The van der Waals surface area contributed by atoms with Crippen LogP contribution in [0.4, 0.5) is 0 Å². The first-order valence-corrected chi connectivity index (χ1v) is 6.18. The molecule has 0 bridgehead atoms. The Bertz CT molecular complexity index is 302. The minimum Gasteiger partial charge on any atom is -0.394 e. The first-order valence-electron chi connectivity index (χ1n) is 5.38. The molecule has 0 fully saturated rings. The van der Waals surface area contributed by atoms with Gasteiger partial charge < -0.3 is 15.5 Å². The second kappa shape index (κ2) is 7.01. The third kappa shape index (κ3) is 5.07. The minimum atomic E-state index is -0.674. The van der Waals surface area contributed by atoms with Gasteiger partial charge in [-0.25, -0.2) is 0 Å². The lowest BCUT2D eigenvalue weighted by molar-refractivity contribution is 0.0924. The van der Waals surface area contributed by atoms with Crippen LogP contribution in [0.5, 0.6) is 0 Å². The van der Waals surface area contributed by atoms with Crippen molar-refractivity contribution in [2.75, 3.05) is 13.2 Å². The van der Waals surface area contributed by atoms with Gasteiger partial charge in [-0.1, -0.05) is 28.1 Å². The van der Waals surface area contributed by atoms with Gasteiger partial charge >= 0.3 is 0 Å². The molecule has 0 aliphatic carbocycles. The minimum absolute atomic E-state index is 0.196. The lowest BCUT2D eigenvalue weighted by Gasteiger charge is -2.16. The van der Waals surface area contributed by atoms with E-state index in [2.05, 4.69) is 40.3 Å². The molecule has 1 aromatic carbocycles. The van der Waals surface area contributed by atoms with Crippen LogP contribution in [0.15, 0.2) is 28.7 Å². The molecule has 0 saturated heterocycles. The highest BCUT2D eigenvalue weighted by atomic mass is 79.9. The standard InChI is InChI=1S/C12H18BrNO2/c1-9(14-7-12(16)8-15)6-10-2-4-11(13)5-3-10/h2-5,9,12,14-16H,6-8H2,1H3. The molecule has 2 unspecified atom stereocenters. The Balaban J connectivity index is 2.33. The highest BCUT2D eigenvalue weighted by Gasteiger charge is 2.06. The average molecular weight is 288 g/mol. The largest absolute Gasteiger partial charge is 0.394 e. The van der Waals surface area contributed by atoms with Gasteiger partial charge in [0.2, 0.25) is 0 Å². The number of aliphatic hydroxyl groups is 2. The molecule has 3 N–H and O–H groups in total. The molecule has 0 heterocycles. The summed E-state index contributed by atoms with van der Waals surface area (Å²) in [5.41, 5.74) is 1.25. The van der Waals surface area contributed by atoms with Crippen LogP contribution in [0, 0.1) is 0 Å². The van der Waals surface area contributed by atoms with Gasteiger partial charge in [-0.3, -0.25) is 0 Å². The maximum Gasteiger partial charge on any atom is 0.0895 e. The molecule has 0 saturated carbocycles. The smallest absolute Gasteiger partial charge is 0.0895 e. The predicted molar refractivity (Wildman–Crippen MR) is 68.4 cm³/mol. The van der Waals surface area contributed by atoms with Crippen LogP contribution in [0.2, 0.25) is 0 Å². The van der Waals surface area contributed by atoms with Crippen molar-refractivity contribution in [3.05, 3.63) is 34.3 Å². The van der Waals surface area contributed by atoms with Gasteiger partial charge in [-0.2, -0.15) is 0 Å². The summed E-state index contributed by atoms with van der Waals surface area (Å²) < 4.78 is 1.08. The molecule has 1 rings (SSSR count). The van der Waals surface area contributed by atoms with Gasteiger partial charge in [-0.15, -0.1) is 0 Å². The van der Waals surface area contributed by atoms with Crippen LogP contribution in [0.3, 0.4) is 0 Å². The lowest BCUT2D eigenvalue weighted by atomic mass is 10.1. The monoisotopic (exact) mass is 287 g/mol. The molecular formula is C12H18BrNO2. The van der Waals surface area contributed by atoms with Crippen molar-refractivity contribution in [1.82, 2.24) is 5.32 Å². The molecule has 4 heteroatoms. The highest BCUT2D eigenvalue weighted by molar-refractivity contribution is 9.10. The van der Waals surface area contributed by atoms with Gasteiger partial charge in [0.05, 0.1) is 12.7 Å². The van der Waals surface area contributed by atoms with Gasteiger partial charge in [0.25, 0.3) is 0 Å². The summed E-state index contributed by atoms with van der Waals surface area (Å²) >= 11 is 3.39. The van der Waals surface area contributed by atoms with Crippen LogP contribution in [-0.2, 0) is 6.42 Å². The van der Waals surface area contributed by atoms with E-state index in [4.69, 9.17) is 5.11 Å². The molecule has 16 heavy (non-hydrogen) atoms. The van der Waals surface area contributed by atoms with Crippen molar-refractivity contribution < 1.29 is 10.2 Å². The van der Waals surface area contributed by atoms with E-state index >= 15 is 0 Å². The number of benzene rings is 1. The van der Waals surface area contributed by atoms with Crippen LogP contribution in [-0.4, -0.2) is 35.5 Å². The summed E-state index contributed by atoms with van der Waals surface area (Å²) in [7, 11) is 0. The summed E-state index contributed by atoms with van der Waals surface area (Å²) in [6.07, 6.45) is 0.234. The molecule has 0 aliphatic heterocycles. The molecule has 0 aliphatic rings. The van der Waals surface area contributed by atoms with E-state index < -0.39 is 6.10 Å². The fourth-order valence-electron chi connectivity index (χ4n) is 1.45. The van der Waals surface area contributed by atoms with Gasteiger partial charge in [0.15, 0.2) is 0 Å². The second-order valence-electron chi connectivity index (χ2n) is 3.98. The maximum absolute atomic E-state index is 9.19. The maximum atomic E-state index is 9.19. The zero-order valence-electron chi connectivity index (χ0n) is 9.36. The molecule has 0 radical (unpaired) electrons. The Labute approximate surface area is 105 Å². The zero-order chi connectivity index (χ0) is 12.0. The van der Waals surface area contributed by atoms with Crippen molar-refractivity contribution >= 4 is 15.9 Å². The Hall–Kier alpha value is -0.420. The topological polar surface area (TPSA) is 52.5 Å². The van der Waals surface area contributed by atoms with Gasteiger partial charge in [0, 0.05) is 17.1 Å². The average Bonchev–Trinajstić information content (AvgIpc) is 2.29. The number of hydrogen-bond acceptors (Lipinski definition) is 3. The molecule has 3 nitrogen and oxygen atoms in total. The van der Waals surface area contributed by atoms with E-state index in [1.54, 1.807) is 0 Å². The Kier molecular flexibility index (Phi) is 5.98. The van der Waals surface area contributed by atoms with Gasteiger partial charge in [-0.05, 0) is 31.0 Å². The first kappa shape index (κ1) is 13.6. The Morgan fingerprint density at radius 3 is 2.50 bits per heavy atom.